The van der Waals surface area contributed by atoms with Crippen molar-refractivity contribution in [3.8, 4) is 0 Å². The van der Waals surface area contributed by atoms with Gasteiger partial charge in [-0.3, -0.25) is 4.90 Å². The first-order valence-electron chi connectivity index (χ1n) is 8.01. The summed E-state index contributed by atoms with van der Waals surface area (Å²) in [5, 5.41) is 13.4. The SMILES string of the molecule is CNc1ccnc(N2CCN(Cc3cccnc3N)C[C@@H](O)C2)n1. The van der Waals surface area contributed by atoms with Gasteiger partial charge in [-0.05, 0) is 12.1 Å². The van der Waals surface area contributed by atoms with Crippen LogP contribution in [0.4, 0.5) is 17.6 Å². The Morgan fingerprint density at radius 1 is 1.25 bits per heavy atom. The summed E-state index contributed by atoms with van der Waals surface area (Å²) in [6.45, 7) is 3.29. The van der Waals surface area contributed by atoms with Crippen LogP contribution in [0.2, 0.25) is 0 Å². The number of β-amino-alcohol motifs (C(OH)–C–C–N with tert-alkyl or cyclic N) is 1. The van der Waals surface area contributed by atoms with Crippen LogP contribution in [0.3, 0.4) is 0 Å². The molecule has 24 heavy (non-hydrogen) atoms. The Morgan fingerprint density at radius 3 is 2.92 bits per heavy atom. The van der Waals surface area contributed by atoms with E-state index in [2.05, 4.69) is 25.2 Å². The first-order valence-corrected chi connectivity index (χ1v) is 8.01. The molecular formula is C16H23N7O. The second-order valence-corrected chi connectivity index (χ2v) is 5.87. The van der Waals surface area contributed by atoms with Crippen molar-refractivity contribution in [3.63, 3.8) is 0 Å². The Morgan fingerprint density at radius 2 is 2.12 bits per heavy atom. The van der Waals surface area contributed by atoms with Gasteiger partial charge in [0.25, 0.3) is 0 Å². The van der Waals surface area contributed by atoms with Crippen LogP contribution in [0.1, 0.15) is 5.56 Å². The van der Waals surface area contributed by atoms with Gasteiger partial charge in [-0.25, -0.2) is 9.97 Å². The number of pyridine rings is 1. The maximum absolute atomic E-state index is 10.4. The highest BCUT2D eigenvalue weighted by Gasteiger charge is 2.23. The predicted molar refractivity (Wildman–Crippen MR) is 93.7 cm³/mol. The van der Waals surface area contributed by atoms with Gasteiger partial charge in [-0.1, -0.05) is 6.07 Å². The molecule has 0 saturated carbocycles. The molecule has 0 amide bonds. The number of nitrogens with zero attached hydrogens (tertiary/aromatic N) is 5. The zero-order chi connectivity index (χ0) is 16.9. The molecule has 128 valence electrons. The number of anilines is 3. The Kier molecular flexibility index (Phi) is 5.07. The summed E-state index contributed by atoms with van der Waals surface area (Å²) in [4.78, 5) is 17.1. The minimum absolute atomic E-state index is 0.479. The van der Waals surface area contributed by atoms with E-state index in [1.54, 1.807) is 12.4 Å². The lowest BCUT2D eigenvalue weighted by molar-refractivity contribution is 0.129. The summed E-state index contributed by atoms with van der Waals surface area (Å²) in [6.07, 6.45) is 2.93. The third kappa shape index (κ3) is 3.90. The average Bonchev–Trinajstić information content (AvgIpc) is 2.78. The van der Waals surface area contributed by atoms with Crippen LogP contribution in [0.25, 0.3) is 0 Å². The van der Waals surface area contributed by atoms with Gasteiger partial charge in [0.1, 0.15) is 11.6 Å². The van der Waals surface area contributed by atoms with Gasteiger partial charge < -0.3 is 21.1 Å². The second-order valence-electron chi connectivity index (χ2n) is 5.87. The normalized spacial score (nSPS) is 19.1. The zero-order valence-corrected chi connectivity index (χ0v) is 13.8. The molecule has 1 atom stereocenters. The van der Waals surface area contributed by atoms with Crippen molar-refractivity contribution >= 4 is 17.6 Å². The van der Waals surface area contributed by atoms with E-state index in [1.165, 1.54) is 0 Å². The van der Waals surface area contributed by atoms with E-state index in [-0.39, 0.29) is 0 Å². The predicted octanol–water partition coefficient (Wildman–Crippen LogP) is 0.179. The maximum atomic E-state index is 10.4. The summed E-state index contributed by atoms with van der Waals surface area (Å²) in [5.74, 6) is 1.93. The van der Waals surface area contributed by atoms with Crippen molar-refractivity contribution in [3.05, 3.63) is 36.2 Å². The molecule has 0 spiro atoms. The highest BCUT2D eigenvalue weighted by molar-refractivity contribution is 5.41. The molecule has 1 aliphatic heterocycles. The van der Waals surface area contributed by atoms with Crippen molar-refractivity contribution in [2.75, 3.05) is 49.2 Å². The van der Waals surface area contributed by atoms with Gasteiger partial charge in [-0.15, -0.1) is 0 Å². The fourth-order valence-electron chi connectivity index (χ4n) is 2.85. The zero-order valence-electron chi connectivity index (χ0n) is 13.8. The van der Waals surface area contributed by atoms with Gasteiger partial charge in [0.2, 0.25) is 5.95 Å². The number of nitrogen functional groups attached to an aromatic ring is 1. The third-order valence-electron chi connectivity index (χ3n) is 4.09. The molecule has 0 aromatic carbocycles. The van der Waals surface area contributed by atoms with E-state index in [0.29, 0.717) is 31.4 Å². The van der Waals surface area contributed by atoms with Gasteiger partial charge in [-0.2, -0.15) is 4.98 Å². The van der Waals surface area contributed by atoms with Crippen LogP contribution in [-0.2, 0) is 6.54 Å². The summed E-state index contributed by atoms with van der Waals surface area (Å²) in [7, 11) is 1.82. The summed E-state index contributed by atoms with van der Waals surface area (Å²) < 4.78 is 0. The van der Waals surface area contributed by atoms with Crippen LogP contribution >= 0.6 is 0 Å². The average molecular weight is 329 g/mol. The van der Waals surface area contributed by atoms with Crippen molar-refractivity contribution in [2.24, 2.45) is 0 Å². The molecule has 2 aromatic rings. The van der Waals surface area contributed by atoms with Crippen LogP contribution in [0.15, 0.2) is 30.6 Å². The fourth-order valence-corrected chi connectivity index (χ4v) is 2.85. The van der Waals surface area contributed by atoms with Crippen molar-refractivity contribution < 1.29 is 5.11 Å². The lowest BCUT2D eigenvalue weighted by Gasteiger charge is -2.22. The van der Waals surface area contributed by atoms with Crippen molar-refractivity contribution in [2.45, 2.75) is 12.6 Å². The topological polar surface area (TPSA) is 103 Å². The minimum atomic E-state index is -0.479. The van der Waals surface area contributed by atoms with Gasteiger partial charge in [0, 0.05) is 57.7 Å². The second kappa shape index (κ2) is 7.41. The number of hydrogen-bond donors (Lipinski definition) is 3. The number of hydrogen-bond acceptors (Lipinski definition) is 8. The standard InChI is InChI=1S/C16H23N7O/c1-18-14-4-6-20-16(21-14)23-8-7-22(10-13(24)11-23)9-12-3-2-5-19-15(12)17/h2-6,13,24H,7-11H2,1H3,(H2,17,19)(H,18,20,21)/t13-/m1/s1. The van der Waals surface area contributed by atoms with Gasteiger partial charge in [0.05, 0.1) is 6.10 Å². The first-order chi connectivity index (χ1) is 11.7. The first kappa shape index (κ1) is 16.4. The molecule has 0 unspecified atom stereocenters. The van der Waals surface area contributed by atoms with Crippen LogP contribution in [-0.4, -0.2) is 64.3 Å². The smallest absolute Gasteiger partial charge is 0.227 e. The number of nitrogens with one attached hydrogen (secondary N) is 1. The molecule has 0 bridgehead atoms. The maximum Gasteiger partial charge on any atom is 0.227 e. The fraction of sp³-hybridized carbons (Fsp3) is 0.438. The molecule has 3 heterocycles. The number of nitrogens with two attached hydrogens (primary N) is 1. The summed E-state index contributed by atoms with van der Waals surface area (Å²) in [6, 6.07) is 5.66. The van der Waals surface area contributed by atoms with E-state index >= 15 is 0 Å². The minimum Gasteiger partial charge on any atom is -0.390 e. The summed E-state index contributed by atoms with van der Waals surface area (Å²) in [5.41, 5.74) is 6.90. The quantitative estimate of drug-likeness (QED) is 0.730. The van der Waals surface area contributed by atoms with Crippen LogP contribution < -0.4 is 16.0 Å². The van der Waals surface area contributed by atoms with Crippen LogP contribution in [0, 0.1) is 0 Å². The number of aromatic nitrogens is 3. The van der Waals surface area contributed by atoms with E-state index in [4.69, 9.17) is 5.73 Å². The van der Waals surface area contributed by atoms with E-state index in [9.17, 15) is 5.11 Å². The number of aliphatic hydroxyl groups excluding tert-OH is 1. The molecule has 8 nitrogen and oxygen atoms in total. The molecule has 0 radical (unpaired) electrons. The van der Waals surface area contributed by atoms with Gasteiger partial charge in [0.15, 0.2) is 0 Å². The summed E-state index contributed by atoms with van der Waals surface area (Å²) >= 11 is 0. The molecule has 8 heteroatoms. The molecular weight excluding hydrogens is 306 g/mol. The molecule has 1 saturated heterocycles. The molecule has 3 rings (SSSR count). The molecule has 4 N–H and O–H groups in total. The van der Waals surface area contributed by atoms with Crippen molar-refractivity contribution in [1.29, 1.82) is 0 Å². The van der Waals surface area contributed by atoms with Crippen molar-refractivity contribution in [1.82, 2.24) is 19.9 Å². The van der Waals surface area contributed by atoms with Gasteiger partial charge >= 0.3 is 0 Å². The van der Waals surface area contributed by atoms with E-state index < -0.39 is 6.10 Å². The highest BCUT2D eigenvalue weighted by Crippen LogP contribution is 2.16. The third-order valence-corrected chi connectivity index (χ3v) is 4.09. The number of rotatable bonds is 4. The van der Waals surface area contributed by atoms with Crippen LogP contribution in [0.5, 0.6) is 0 Å². The van der Waals surface area contributed by atoms with E-state index in [1.807, 2.05) is 30.1 Å². The Balaban J connectivity index is 1.70. The molecule has 2 aromatic heterocycles. The Labute approximate surface area is 141 Å². The highest BCUT2D eigenvalue weighted by atomic mass is 16.3. The van der Waals surface area contributed by atoms with E-state index in [0.717, 1.165) is 24.5 Å². The largest absolute Gasteiger partial charge is 0.390 e. The Bertz CT molecular complexity index is 681. The number of aliphatic hydroxyl groups is 1. The molecule has 1 fully saturated rings. The lowest BCUT2D eigenvalue weighted by Crippen LogP contribution is -2.34. The lowest BCUT2D eigenvalue weighted by atomic mass is 10.2. The molecule has 0 aliphatic carbocycles. The Hall–Kier alpha value is -2.45. The molecule has 1 aliphatic rings. The monoisotopic (exact) mass is 329 g/mol.